The molecule has 0 aliphatic carbocycles. The van der Waals surface area contributed by atoms with Crippen LogP contribution < -0.4 is 0 Å². The van der Waals surface area contributed by atoms with Crippen LogP contribution in [0.1, 0.15) is 22.8 Å². The maximum absolute atomic E-state index is 11.0. The molecule has 24 heavy (non-hydrogen) atoms. The van der Waals surface area contributed by atoms with Gasteiger partial charge in [0.15, 0.2) is 11.7 Å². The molecule has 0 N–H and O–H groups in total. The van der Waals surface area contributed by atoms with Crippen LogP contribution in [0.4, 0.5) is 0 Å². The Morgan fingerprint density at radius 2 is 1.42 bits per heavy atom. The third-order valence-electron chi connectivity index (χ3n) is 2.66. The van der Waals surface area contributed by atoms with E-state index in [2.05, 4.69) is 12.6 Å². The second-order valence-corrected chi connectivity index (χ2v) is 5.20. The van der Waals surface area contributed by atoms with Gasteiger partial charge in [0.1, 0.15) is 0 Å². The van der Waals surface area contributed by atoms with Crippen molar-refractivity contribution in [3.8, 4) is 0 Å². The van der Waals surface area contributed by atoms with Gasteiger partial charge in [0.05, 0.1) is 6.61 Å². The lowest BCUT2D eigenvalue weighted by atomic mass is 10.2. The normalized spacial score (nSPS) is 9.25. The molecule has 0 aliphatic rings. The lowest BCUT2D eigenvalue weighted by Crippen LogP contribution is -2.15. The van der Waals surface area contributed by atoms with E-state index in [0.717, 1.165) is 5.56 Å². The van der Waals surface area contributed by atoms with Crippen LogP contribution in [0.3, 0.4) is 0 Å². The number of rotatable bonds is 5. The number of esters is 1. The van der Waals surface area contributed by atoms with Crippen molar-refractivity contribution in [3.05, 3.63) is 71.8 Å². The van der Waals surface area contributed by atoms with Crippen LogP contribution in [0.2, 0.25) is 0 Å². The summed E-state index contributed by atoms with van der Waals surface area (Å²) in [5, 5.41) is 0.124. The summed E-state index contributed by atoms with van der Waals surface area (Å²) in [6.07, 6.45) is 0. The molecule has 2 aromatic carbocycles. The quantitative estimate of drug-likeness (QED) is 0.499. The molecule has 0 radical (unpaired) electrons. The van der Waals surface area contributed by atoms with Crippen LogP contribution in [0, 0.1) is 0 Å². The number of thiol groups is 1. The Balaban J connectivity index is 0.000000272. The molecule has 0 unspecified atom stereocenters. The van der Waals surface area contributed by atoms with E-state index < -0.39 is 5.97 Å². The maximum atomic E-state index is 11.0. The molecule has 0 heterocycles. The largest absolute Gasteiger partial charge is 0.471 e. The predicted molar refractivity (Wildman–Crippen MR) is 100 cm³/mol. The lowest BCUT2D eigenvalue weighted by Gasteiger charge is -2.06. The van der Waals surface area contributed by atoms with Crippen molar-refractivity contribution in [2.24, 2.45) is 0 Å². The van der Waals surface area contributed by atoms with Crippen LogP contribution in [-0.4, -0.2) is 29.3 Å². The highest BCUT2D eigenvalue weighted by Crippen LogP contribution is 2.02. The Bertz CT molecular complexity index is 657. The molecule has 0 aromatic heterocycles. The first-order valence-electron chi connectivity index (χ1n) is 7.20. The predicted octanol–water partition coefficient (Wildman–Crippen LogP) is 3.70. The van der Waals surface area contributed by atoms with Gasteiger partial charge >= 0.3 is 5.97 Å². The second-order valence-electron chi connectivity index (χ2n) is 4.42. The van der Waals surface area contributed by atoms with Crippen LogP contribution in [0.5, 0.6) is 0 Å². The SMILES string of the molecule is CCOC(=O)COC(=S)c1ccccc1.O=C(S)c1ccccc1. The van der Waals surface area contributed by atoms with Crippen molar-refractivity contribution in [2.75, 3.05) is 13.2 Å². The molecular weight excluding hydrogens is 344 g/mol. The molecule has 0 atom stereocenters. The molecule has 6 heteroatoms. The van der Waals surface area contributed by atoms with E-state index in [4.69, 9.17) is 21.7 Å². The van der Waals surface area contributed by atoms with E-state index >= 15 is 0 Å². The number of carbonyl (C=O) groups is 2. The fraction of sp³-hybridized carbons (Fsp3) is 0.167. The van der Waals surface area contributed by atoms with Gasteiger partial charge in [0.25, 0.3) is 0 Å². The van der Waals surface area contributed by atoms with Gasteiger partial charge in [-0.25, -0.2) is 4.79 Å². The summed E-state index contributed by atoms with van der Waals surface area (Å²) in [5.41, 5.74) is 1.43. The summed E-state index contributed by atoms with van der Waals surface area (Å²) < 4.78 is 9.80. The highest BCUT2D eigenvalue weighted by atomic mass is 32.1. The van der Waals surface area contributed by atoms with Crippen LogP contribution >= 0.6 is 24.8 Å². The molecule has 0 saturated heterocycles. The molecule has 0 saturated carbocycles. The van der Waals surface area contributed by atoms with Gasteiger partial charge in [-0.05, 0) is 19.1 Å². The van der Waals surface area contributed by atoms with Gasteiger partial charge < -0.3 is 9.47 Å². The Morgan fingerprint density at radius 3 is 1.83 bits per heavy atom. The van der Waals surface area contributed by atoms with Crippen molar-refractivity contribution < 1.29 is 19.1 Å². The zero-order valence-corrected chi connectivity index (χ0v) is 14.9. The van der Waals surface area contributed by atoms with Crippen LogP contribution in [0.25, 0.3) is 0 Å². The molecule has 0 fully saturated rings. The smallest absolute Gasteiger partial charge is 0.344 e. The summed E-state index contributed by atoms with van der Waals surface area (Å²) in [7, 11) is 0. The van der Waals surface area contributed by atoms with E-state index in [1.54, 1.807) is 19.1 Å². The standard InChI is InChI=1S/C11H12O3S.C7H6OS/c1-2-13-10(12)8-14-11(15)9-6-4-3-5-7-9;8-7(9)6-4-2-1-3-5-6/h3-7H,2,8H2,1H3;1-5H,(H,8,9). The molecular formula is C18H18O4S2. The maximum Gasteiger partial charge on any atom is 0.344 e. The van der Waals surface area contributed by atoms with Gasteiger partial charge in [-0.2, -0.15) is 0 Å². The van der Waals surface area contributed by atoms with Crippen LogP contribution in [-0.2, 0) is 14.3 Å². The fourth-order valence-corrected chi connectivity index (χ4v) is 1.91. The summed E-state index contributed by atoms with van der Waals surface area (Å²) in [4.78, 5) is 21.5. The summed E-state index contributed by atoms with van der Waals surface area (Å²) in [5.74, 6) is -0.407. The third kappa shape index (κ3) is 7.89. The van der Waals surface area contributed by atoms with Crippen molar-refractivity contribution in [1.82, 2.24) is 0 Å². The number of benzene rings is 2. The monoisotopic (exact) mass is 362 g/mol. The zero-order valence-electron chi connectivity index (χ0n) is 13.2. The Morgan fingerprint density at radius 1 is 0.917 bits per heavy atom. The van der Waals surface area contributed by atoms with Gasteiger partial charge in [-0.1, -0.05) is 60.7 Å². The lowest BCUT2D eigenvalue weighted by molar-refractivity contribution is -0.145. The number of hydrogen-bond donors (Lipinski definition) is 1. The molecule has 0 aliphatic heterocycles. The minimum Gasteiger partial charge on any atom is -0.471 e. The molecule has 0 bridgehead atoms. The molecule has 2 rings (SSSR count). The van der Waals surface area contributed by atoms with Gasteiger partial charge in [-0.15, -0.1) is 12.6 Å². The molecule has 0 spiro atoms. The molecule has 126 valence electrons. The number of hydrogen-bond acceptors (Lipinski definition) is 5. The Labute approximate surface area is 152 Å². The second kappa shape index (κ2) is 11.4. The van der Waals surface area contributed by atoms with Crippen molar-refractivity contribution >= 4 is 41.0 Å². The first-order valence-corrected chi connectivity index (χ1v) is 8.06. The summed E-state index contributed by atoms with van der Waals surface area (Å²) in [6.45, 7) is 1.95. The Hall–Kier alpha value is -2.18. The molecule has 2 aromatic rings. The van der Waals surface area contributed by atoms with Gasteiger partial charge in [0.2, 0.25) is 5.12 Å². The van der Waals surface area contributed by atoms with E-state index in [1.807, 2.05) is 48.5 Å². The highest BCUT2D eigenvalue weighted by Gasteiger charge is 2.06. The molecule has 4 nitrogen and oxygen atoms in total. The average Bonchev–Trinajstić information content (AvgIpc) is 2.62. The topological polar surface area (TPSA) is 52.6 Å². The number of carbonyl (C=O) groups excluding carboxylic acids is 2. The van der Waals surface area contributed by atoms with E-state index in [1.165, 1.54) is 0 Å². The van der Waals surface area contributed by atoms with Crippen molar-refractivity contribution in [3.63, 3.8) is 0 Å². The van der Waals surface area contributed by atoms with Gasteiger partial charge in [0, 0.05) is 11.1 Å². The van der Waals surface area contributed by atoms with E-state index in [9.17, 15) is 9.59 Å². The van der Waals surface area contributed by atoms with Gasteiger partial charge in [-0.3, -0.25) is 4.79 Å². The first-order chi connectivity index (χ1) is 11.5. The minimum atomic E-state index is -0.407. The average molecular weight is 362 g/mol. The fourth-order valence-electron chi connectivity index (χ4n) is 1.57. The zero-order chi connectivity index (χ0) is 17.8. The summed E-state index contributed by atoms with van der Waals surface area (Å²) in [6, 6.07) is 18.2. The van der Waals surface area contributed by atoms with E-state index in [0.29, 0.717) is 17.2 Å². The number of ether oxygens (including phenoxy) is 2. The Kier molecular flexibility index (Phi) is 9.41. The first kappa shape index (κ1) is 19.9. The third-order valence-corrected chi connectivity index (χ3v) is 3.27. The van der Waals surface area contributed by atoms with Crippen molar-refractivity contribution in [2.45, 2.75) is 6.92 Å². The van der Waals surface area contributed by atoms with Crippen LogP contribution in [0.15, 0.2) is 60.7 Å². The summed E-state index contributed by atoms with van der Waals surface area (Å²) >= 11 is 8.64. The van der Waals surface area contributed by atoms with E-state index in [-0.39, 0.29) is 11.7 Å². The van der Waals surface area contributed by atoms with Crippen molar-refractivity contribution in [1.29, 1.82) is 0 Å². The highest BCUT2D eigenvalue weighted by molar-refractivity contribution is 7.97. The number of thiocarbonyl (C=S) groups is 1. The minimum absolute atomic E-state index is 0.137. The molecule has 0 amide bonds.